The Bertz CT molecular complexity index is 381. The van der Waals surface area contributed by atoms with Crippen LogP contribution >= 0.6 is 0 Å². The van der Waals surface area contributed by atoms with Crippen LogP contribution in [0, 0.1) is 5.92 Å². The van der Waals surface area contributed by atoms with E-state index in [0.29, 0.717) is 17.8 Å². The Morgan fingerprint density at radius 3 is 2.87 bits per heavy atom. The van der Waals surface area contributed by atoms with E-state index in [1.807, 2.05) is 0 Å². The fourth-order valence-electron chi connectivity index (χ4n) is 2.73. The molecule has 1 aliphatic heterocycles. The van der Waals surface area contributed by atoms with E-state index in [2.05, 4.69) is 14.9 Å². The second-order valence-corrected chi connectivity index (χ2v) is 4.41. The molecule has 1 aromatic heterocycles. The van der Waals surface area contributed by atoms with Crippen molar-refractivity contribution >= 4 is 11.6 Å². The van der Waals surface area contributed by atoms with Gasteiger partial charge in [-0.2, -0.15) is 0 Å². The minimum Gasteiger partial charge on any atom is -0.393 e. The summed E-state index contributed by atoms with van der Waals surface area (Å²) in [4.78, 5) is 10.3. The summed E-state index contributed by atoms with van der Waals surface area (Å²) in [7, 11) is 0. The van der Waals surface area contributed by atoms with Crippen LogP contribution in [0.15, 0.2) is 12.4 Å². The molecule has 5 nitrogen and oxygen atoms in total. The Morgan fingerprint density at radius 1 is 1.40 bits per heavy atom. The standard InChI is InChI=1S/C10H14N4O/c11-9-3-10(13-5-12-9)14-4-6-1-7(14)2-8(6)15/h3,5-8,15H,1-2,4H2,(H2,11,12,13). The first-order valence-corrected chi connectivity index (χ1v) is 5.26. The highest BCUT2D eigenvalue weighted by atomic mass is 16.3. The van der Waals surface area contributed by atoms with E-state index >= 15 is 0 Å². The maximum Gasteiger partial charge on any atom is 0.134 e. The number of aliphatic hydroxyl groups is 1. The van der Waals surface area contributed by atoms with E-state index in [-0.39, 0.29) is 6.10 Å². The lowest BCUT2D eigenvalue weighted by Gasteiger charge is -2.30. The number of piperidine rings is 1. The second kappa shape index (κ2) is 3.06. The summed E-state index contributed by atoms with van der Waals surface area (Å²) < 4.78 is 0. The van der Waals surface area contributed by atoms with Crippen molar-refractivity contribution in [1.29, 1.82) is 0 Å². The Balaban J connectivity index is 1.86. The van der Waals surface area contributed by atoms with Gasteiger partial charge in [-0.3, -0.25) is 0 Å². The molecular formula is C10H14N4O. The zero-order valence-electron chi connectivity index (χ0n) is 8.37. The zero-order chi connectivity index (χ0) is 10.4. The molecular weight excluding hydrogens is 192 g/mol. The van der Waals surface area contributed by atoms with Gasteiger partial charge < -0.3 is 15.7 Å². The normalized spacial score (nSPS) is 33.7. The van der Waals surface area contributed by atoms with Gasteiger partial charge in [-0.25, -0.2) is 9.97 Å². The molecule has 0 radical (unpaired) electrons. The molecule has 2 bridgehead atoms. The van der Waals surface area contributed by atoms with Gasteiger partial charge in [0.05, 0.1) is 6.10 Å². The van der Waals surface area contributed by atoms with Gasteiger partial charge in [0.1, 0.15) is 18.0 Å². The van der Waals surface area contributed by atoms with Crippen molar-refractivity contribution in [3.8, 4) is 0 Å². The first-order valence-electron chi connectivity index (χ1n) is 5.26. The molecule has 1 aliphatic carbocycles. The predicted molar refractivity (Wildman–Crippen MR) is 56.3 cm³/mol. The number of nitrogen functional groups attached to an aromatic ring is 1. The summed E-state index contributed by atoms with van der Waals surface area (Å²) >= 11 is 0. The van der Waals surface area contributed by atoms with Gasteiger partial charge in [-0.05, 0) is 12.8 Å². The largest absolute Gasteiger partial charge is 0.393 e. The lowest BCUT2D eigenvalue weighted by Crippen LogP contribution is -2.38. The number of rotatable bonds is 1. The molecule has 1 aromatic rings. The van der Waals surface area contributed by atoms with Crippen LogP contribution in [0.2, 0.25) is 0 Å². The van der Waals surface area contributed by atoms with Gasteiger partial charge in [-0.15, -0.1) is 0 Å². The number of nitrogens with two attached hydrogens (primary N) is 1. The van der Waals surface area contributed by atoms with Crippen molar-refractivity contribution in [2.75, 3.05) is 17.2 Å². The molecule has 3 rings (SSSR count). The van der Waals surface area contributed by atoms with Crippen LogP contribution in [0.3, 0.4) is 0 Å². The highest BCUT2D eigenvalue weighted by Crippen LogP contribution is 2.39. The number of hydrogen-bond donors (Lipinski definition) is 2. The van der Waals surface area contributed by atoms with Crippen LogP contribution in [0.1, 0.15) is 12.8 Å². The van der Waals surface area contributed by atoms with Crippen molar-refractivity contribution in [3.63, 3.8) is 0 Å². The Labute approximate surface area is 87.9 Å². The molecule has 0 aromatic carbocycles. The number of fused-ring (bicyclic) bond motifs is 2. The molecule has 3 unspecified atom stereocenters. The number of aliphatic hydroxyl groups excluding tert-OH is 1. The minimum atomic E-state index is -0.120. The van der Waals surface area contributed by atoms with Crippen molar-refractivity contribution in [2.24, 2.45) is 5.92 Å². The van der Waals surface area contributed by atoms with Crippen molar-refractivity contribution in [3.05, 3.63) is 12.4 Å². The molecule has 0 spiro atoms. The highest BCUT2D eigenvalue weighted by molar-refractivity contribution is 5.48. The number of aromatic nitrogens is 2. The summed E-state index contributed by atoms with van der Waals surface area (Å²) in [5.41, 5.74) is 5.62. The van der Waals surface area contributed by atoms with Crippen molar-refractivity contribution in [2.45, 2.75) is 25.0 Å². The van der Waals surface area contributed by atoms with Gasteiger partial charge >= 0.3 is 0 Å². The van der Waals surface area contributed by atoms with E-state index in [9.17, 15) is 5.11 Å². The second-order valence-electron chi connectivity index (χ2n) is 4.41. The van der Waals surface area contributed by atoms with Gasteiger partial charge in [0.25, 0.3) is 0 Å². The van der Waals surface area contributed by atoms with E-state index in [1.165, 1.54) is 6.33 Å². The molecule has 2 aliphatic rings. The molecule has 5 heteroatoms. The van der Waals surface area contributed by atoms with Crippen molar-refractivity contribution in [1.82, 2.24) is 9.97 Å². The third kappa shape index (κ3) is 1.34. The third-order valence-corrected chi connectivity index (χ3v) is 3.47. The van der Waals surface area contributed by atoms with Crippen LogP contribution in [0.25, 0.3) is 0 Å². The molecule has 3 N–H and O–H groups in total. The fraction of sp³-hybridized carbons (Fsp3) is 0.600. The zero-order valence-corrected chi connectivity index (χ0v) is 8.37. The smallest absolute Gasteiger partial charge is 0.134 e. The molecule has 2 heterocycles. The van der Waals surface area contributed by atoms with Crippen LogP contribution in [-0.4, -0.2) is 33.8 Å². The van der Waals surface area contributed by atoms with E-state index in [1.54, 1.807) is 6.07 Å². The topological polar surface area (TPSA) is 75.3 Å². The lowest BCUT2D eigenvalue weighted by atomic mass is 10.1. The lowest BCUT2D eigenvalue weighted by molar-refractivity contribution is 0.127. The minimum absolute atomic E-state index is 0.120. The van der Waals surface area contributed by atoms with Gasteiger partial charge in [0.15, 0.2) is 0 Å². The first-order chi connectivity index (χ1) is 7.24. The number of anilines is 2. The van der Waals surface area contributed by atoms with Gasteiger partial charge in [0, 0.05) is 24.6 Å². The maximum atomic E-state index is 9.65. The third-order valence-electron chi connectivity index (χ3n) is 3.47. The van der Waals surface area contributed by atoms with Crippen LogP contribution in [0.5, 0.6) is 0 Å². The first kappa shape index (κ1) is 8.91. The maximum absolute atomic E-state index is 9.65. The summed E-state index contributed by atoms with van der Waals surface area (Å²) in [6.45, 7) is 0.891. The molecule has 2 fully saturated rings. The molecule has 0 amide bonds. The number of hydrogen-bond acceptors (Lipinski definition) is 5. The quantitative estimate of drug-likeness (QED) is 0.677. The van der Waals surface area contributed by atoms with Crippen LogP contribution < -0.4 is 10.6 Å². The van der Waals surface area contributed by atoms with E-state index in [0.717, 1.165) is 25.2 Å². The monoisotopic (exact) mass is 206 g/mol. The van der Waals surface area contributed by atoms with E-state index < -0.39 is 0 Å². The molecule has 15 heavy (non-hydrogen) atoms. The molecule has 1 saturated heterocycles. The summed E-state index contributed by atoms with van der Waals surface area (Å²) in [6, 6.07) is 2.23. The average Bonchev–Trinajstić information content (AvgIpc) is 2.76. The molecule has 80 valence electrons. The Morgan fingerprint density at radius 2 is 2.27 bits per heavy atom. The summed E-state index contributed by atoms with van der Waals surface area (Å²) in [5, 5.41) is 9.65. The Kier molecular flexibility index (Phi) is 1.82. The summed E-state index contributed by atoms with van der Waals surface area (Å²) in [6.07, 6.45) is 3.30. The van der Waals surface area contributed by atoms with Crippen LogP contribution in [0.4, 0.5) is 11.6 Å². The van der Waals surface area contributed by atoms with E-state index in [4.69, 9.17) is 5.73 Å². The van der Waals surface area contributed by atoms with Gasteiger partial charge in [0.2, 0.25) is 0 Å². The Hall–Kier alpha value is -1.36. The summed E-state index contributed by atoms with van der Waals surface area (Å²) in [5.74, 6) is 1.80. The highest BCUT2D eigenvalue weighted by Gasteiger charge is 2.44. The van der Waals surface area contributed by atoms with Crippen molar-refractivity contribution < 1.29 is 5.11 Å². The average molecular weight is 206 g/mol. The SMILES string of the molecule is Nc1cc(N2CC3CC2CC3O)ncn1. The van der Waals surface area contributed by atoms with Gasteiger partial charge in [-0.1, -0.05) is 0 Å². The molecule has 1 saturated carbocycles. The molecule has 3 atom stereocenters. The van der Waals surface area contributed by atoms with Crippen LogP contribution in [-0.2, 0) is 0 Å². The fourth-order valence-corrected chi connectivity index (χ4v) is 2.73. The number of nitrogens with zero attached hydrogens (tertiary/aromatic N) is 3. The predicted octanol–water partition coefficient (Wildman–Crippen LogP) is 0.0183.